The number of pyridine rings is 1. The lowest BCUT2D eigenvalue weighted by atomic mass is 10.1. The topological polar surface area (TPSA) is 49.5 Å². The zero-order valence-corrected chi connectivity index (χ0v) is 15.9. The summed E-state index contributed by atoms with van der Waals surface area (Å²) in [6.45, 7) is 6.94. The van der Waals surface area contributed by atoms with Crippen molar-refractivity contribution in [1.29, 1.82) is 0 Å². The van der Waals surface area contributed by atoms with E-state index in [0.717, 1.165) is 46.1 Å². The zero-order valence-electron chi connectivity index (χ0n) is 15.9. The molecule has 138 valence electrons. The van der Waals surface area contributed by atoms with Gasteiger partial charge in [0.05, 0.1) is 5.52 Å². The van der Waals surface area contributed by atoms with Crippen LogP contribution in [-0.2, 0) is 0 Å². The third kappa shape index (κ3) is 3.40. The van der Waals surface area contributed by atoms with Crippen molar-refractivity contribution in [2.24, 2.45) is 0 Å². The fourth-order valence-corrected chi connectivity index (χ4v) is 3.48. The highest BCUT2D eigenvalue weighted by Crippen LogP contribution is 2.31. The number of aromatic nitrogens is 1. The van der Waals surface area contributed by atoms with Crippen LogP contribution in [0.2, 0.25) is 0 Å². The van der Waals surface area contributed by atoms with Crippen LogP contribution < -0.4 is 4.90 Å². The monoisotopic (exact) mass is 360 g/mol. The van der Waals surface area contributed by atoms with Gasteiger partial charge in [-0.1, -0.05) is 31.2 Å². The van der Waals surface area contributed by atoms with Crippen LogP contribution in [0.3, 0.4) is 0 Å². The predicted molar refractivity (Wildman–Crippen MR) is 110 cm³/mol. The molecule has 0 aliphatic rings. The molecule has 0 amide bonds. The third-order valence-corrected chi connectivity index (χ3v) is 4.83. The summed E-state index contributed by atoms with van der Waals surface area (Å²) in [7, 11) is 0. The van der Waals surface area contributed by atoms with Gasteiger partial charge in [0.25, 0.3) is 0 Å². The van der Waals surface area contributed by atoms with E-state index < -0.39 is 6.23 Å². The Labute approximate surface area is 159 Å². The van der Waals surface area contributed by atoms with Crippen LogP contribution in [0.15, 0.2) is 59.0 Å². The van der Waals surface area contributed by atoms with Gasteiger partial charge in [0.1, 0.15) is 0 Å². The van der Waals surface area contributed by atoms with Crippen molar-refractivity contribution in [2.75, 3.05) is 11.4 Å². The van der Waals surface area contributed by atoms with Gasteiger partial charge >= 0.3 is 0 Å². The molecule has 4 rings (SSSR count). The molecule has 1 N–H and O–H groups in total. The fraction of sp³-hybridized carbons (Fsp3) is 0.261. The smallest absolute Gasteiger partial charge is 0.227 e. The Kier molecular flexibility index (Phi) is 4.58. The van der Waals surface area contributed by atoms with Crippen LogP contribution in [-0.4, -0.2) is 16.6 Å². The molecular weight excluding hydrogens is 336 g/mol. The average molecular weight is 360 g/mol. The number of aryl methyl sites for hydroxylation is 2. The van der Waals surface area contributed by atoms with Gasteiger partial charge in [-0.25, -0.2) is 4.98 Å². The molecule has 2 aromatic carbocycles. The second-order valence-electron chi connectivity index (χ2n) is 7.13. The van der Waals surface area contributed by atoms with Crippen molar-refractivity contribution in [3.8, 4) is 0 Å². The number of furan rings is 1. The minimum atomic E-state index is -0.856. The second kappa shape index (κ2) is 7.05. The summed E-state index contributed by atoms with van der Waals surface area (Å²) in [6.07, 6.45) is 0.0675. The maximum absolute atomic E-state index is 11.0. The van der Waals surface area contributed by atoms with Crippen LogP contribution in [0, 0.1) is 13.8 Å². The minimum Gasteiger partial charge on any atom is -0.438 e. The average Bonchev–Trinajstić information content (AvgIpc) is 3.06. The van der Waals surface area contributed by atoms with Crippen molar-refractivity contribution in [3.05, 3.63) is 71.5 Å². The molecule has 0 saturated heterocycles. The predicted octanol–water partition coefficient (Wildman–Crippen LogP) is 5.51. The fourth-order valence-electron chi connectivity index (χ4n) is 3.48. The summed E-state index contributed by atoms with van der Waals surface area (Å²) in [5, 5.41) is 13.0. The van der Waals surface area contributed by atoms with E-state index in [9.17, 15) is 5.11 Å². The highest BCUT2D eigenvalue weighted by molar-refractivity contribution is 5.91. The molecule has 0 bridgehead atoms. The van der Waals surface area contributed by atoms with E-state index >= 15 is 0 Å². The molecule has 27 heavy (non-hydrogen) atoms. The Morgan fingerprint density at radius 1 is 1.00 bits per heavy atom. The van der Waals surface area contributed by atoms with Gasteiger partial charge in [0, 0.05) is 23.0 Å². The quantitative estimate of drug-likeness (QED) is 0.477. The van der Waals surface area contributed by atoms with Crippen molar-refractivity contribution >= 4 is 27.7 Å². The third-order valence-electron chi connectivity index (χ3n) is 4.83. The number of hydrogen-bond acceptors (Lipinski definition) is 4. The van der Waals surface area contributed by atoms with Gasteiger partial charge in [-0.15, -0.1) is 0 Å². The van der Waals surface area contributed by atoms with Crippen molar-refractivity contribution < 1.29 is 9.52 Å². The largest absolute Gasteiger partial charge is 0.438 e. The molecular formula is C23H24N2O2. The molecule has 0 aliphatic heterocycles. The van der Waals surface area contributed by atoms with Crippen LogP contribution in [0.5, 0.6) is 0 Å². The van der Waals surface area contributed by atoms with Crippen LogP contribution >= 0.6 is 0 Å². The molecule has 2 aromatic heterocycles. The van der Waals surface area contributed by atoms with E-state index in [1.165, 1.54) is 0 Å². The number of fused-ring (bicyclic) bond motifs is 2. The Balaban J connectivity index is 1.75. The number of hydrogen-bond donors (Lipinski definition) is 1. The maximum Gasteiger partial charge on any atom is 0.227 e. The Bertz CT molecular complexity index is 1100. The van der Waals surface area contributed by atoms with E-state index in [-0.39, 0.29) is 0 Å². The van der Waals surface area contributed by atoms with E-state index in [0.29, 0.717) is 11.5 Å². The molecule has 0 saturated carbocycles. The zero-order chi connectivity index (χ0) is 19.0. The molecule has 4 aromatic rings. The first-order valence-electron chi connectivity index (χ1n) is 9.37. The number of anilines is 1. The summed E-state index contributed by atoms with van der Waals surface area (Å²) < 4.78 is 5.95. The van der Waals surface area contributed by atoms with Crippen LogP contribution in [0.25, 0.3) is 22.0 Å². The molecule has 0 fully saturated rings. The number of rotatable bonds is 5. The van der Waals surface area contributed by atoms with Gasteiger partial charge in [-0.3, -0.25) is 0 Å². The summed E-state index contributed by atoms with van der Waals surface area (Å²) in [4.78, 5) is 6.60. The normalized spacial score (nSPS) is 12.6. The van der Waals surface area contributed by atoms with Gasteiger partial charge in [0.15, 0.2) is 12.0 Å². The number of aliphatic hydroxyl groups excluding tert-OH is 1. The molecule has 1 atom stereocenters. The molecule has 2 heterocycles. The first-order chi connectivity index (χ1) is 13.0. The van der Waals surface area contributed by atoms with Gasteiger partial charge in [0.2, 0.25) is 5.71 Å². The Morgan fingerprint density at radius 3 is 2.59 bits per heavy atom. The Hall–Kier alpha value is -2.85. The Morgan fingerprint density at radius 2 is 1.81 bits per heavy atom. The van der Waals surface area contributed by atoms with Crippen molar-refractivity contribution in [3.63, 3.8) is 0 Å². The SMILES string of the molecule is CCCN(c1cccc(C)c1)C(O)c1cc2cc3ccc(C)cc3nc2o1. The van der Waals surface area contributed by atoms with Crippen molar-refractivity contribution in [1.82, 2.24) is 4.98 Å². The lowest BCUT2D eigenvalue weighted by Gasteiger charge is -2.28. The van der Waals surface area contributed by atoms with E-state index in [2.05, 4.69) is 49.2 Å². The first-order valence-corrected chi connectivity index (χ1v) is 9.37. The van der Waals surface area contributed by atoms with Crippen molar-refractivity contribution in [2.45, 2.75) is 33.4 Å². The second-order valence-corrected chi connectivity index (χ2v) is 7.13. The molecule has 0 spiro atoms. The minimum absolute atomic E-state index is 0.513. The molecule has 4 heteroatoms. The van der Waals surface area contributed by atoms with E-state index in [1.54, 1.807) is 0 Å². The molecule has 0 radical (unpaired) electrons. The highest BCUT2D eigenvalue weighted by atomic mass is 16.4. The summed E-state index contributed by atoms with van der Waals surface area (Å²) in [5.74, 6) is 0.513. The lowest BCUT2D eigenvalue weighted by Crippen LogP contribution is -2.29. The van der Waals surface area contributed by atoms with Gasteiger partial charge in [-0.05, 0) is 61.7 Å². The number of aliphatic hydroxyl groups is 1. The number of nitrogens with zero attached hydrogens (tertiary/aromatic N) is 2. The van der Waals surface area contributed by atoms with Crippen LogP contribution in [0.1, 0.15) is 36.5 Å². The van der Waals surface area contributed by atoms with E-state index in [4.69, 9.17) is 4.42 Å². The lowest BCUT2D eigenvalue weighted by molar-refractivity contribution is 0.146. The summed E-state index contributed by atoms with van der Waals surface area (Å²) in [6, 6.07) is 18.3. The molecule has 0 aliphatic carbocycles. The molecule has 1 unspecified atom stereocenters. The number of benzene rings is 2. The van der Waals surface area contributed by atoms with E-state index in [1.807, 2.05) is 36.1 Å². The first kappa shape index (κ1) is 17.6. The maximum atomic E-state index is 11.0. The van der Waals surface area contributed by atoms with Gasteiger partial charge < -0.3 is 14.4 Å². The van der Waals surface area contributed by atoms with Crippen LogP contribution in [0.4, 0.5) is 5.69 Å². The summed E-state index contributed by atoms with van der Waals surface area (Å²) in [5.41, 5.74) is 4.77. The standard InChI is InChI=1S/C23H24N2O2/c1-4-10-25(19-7-5-6-15(2)11-19)23(26)21-14-18-13-17-9-8-16(3)12-20(17)24-22(18)27-21/h5-9,11-14,23,26H,4,10H2,1-3H3. The summed E-state index contributed by atoms with van der Waals surface area (Å²) >= 11 is 0. The van der Waals surface area contributed by atoms with Gasteiger partial charge in [-0.2, -0.15) is 0 Å². The highest BCUT2D eigenvalue weighted by Gasteiger charge is 2.22. The molecule has 4 nitrogen and oxygen atoms in total.